The largest absolute Gasteiger partial charge is 0.486 e. The van der Waals surface area contributed by atoms with Crippen molar-refractivity contribution in [1.29, 1.82) is 0 Å². The van der Waals surface area contributed by atoms with Gasteiger partial charge >= 0.3 is 0 Å². The Morgan fingerprint density at radius 3 is 2.72 bits per heavy atom. The Balaban J connectivity index is 1.28. The zero-order chi connectivity index (χ0) is 22.5. The van der Waals surface area contributed by atoms with Crippen molar-refractivity contribution < 1.29 is 13.9 Å². The third-order valence-corrected chi connectivity index (χ3v) is 6.44. The van der Waals surface area contributed by atoms with E-state index in [1.165, 1.54) is 64.7 Å². The number of hydrogen-bond donors (Lipinski definition) is 2. The second kappa shape index (κ2) is 10.0. The standard InChI is InChI=1S/C23H26FN5O2S/c1-15(17-7-6-16-4-2-3-5-18(16)12-17)26-22(30)14-32-23-28-27-21(29(23)25)13-31-20-10-8-19(24)9-11-20/h6-12,15H,2-5,13-14,25H2,1H3,(H,26,30). The smallest absolute Gasteiger partial charge is 0.230 e. The molecule has 0 spiro atoms. The number of amides is 1. The summed E-state index contributed by atoms with van der Waals surface area (Å²) in [6.45, 7) is 2.07. The van der Waals surface area contributed by atoms with E-state index in [1.54, 1.807) is 0 Å². The summed E-state index contributed by atoms with van der Waals surface area (Å²) in [7, 11) is 0. The third-order valence-electron chi connectivity index (χ3n) is 5.50. The zero-order valence-corrected chi connectivity index (χ0v) is 18.7. The molecule has 1 aromatic heterocycles. The molecule has 1 aliphatic rings. The Kier molecular flexibility index (Phi) is 6.94. The van der Waals surface area contributed by atoms with Crippen LogP contribution >= 0.6 is 11.8 Å². The van der Waals surface area contributed by atoms with E-state index >= 15 is 0 Å². The van der Waals surface area contributed by atoms with Gasteiger partial charge in [-0.15, -0.1) is 10.2 Å². The molecule has 0 fully saturated rings. The number of halogens is 1. The highest BCUT2D eigenvalue weighted by Crippen LogP contribution is 2.25. The maximum Gasteiger partial charge on any atom is 0.230 e. The molecule has 0 radical (unpaired) electrons. The van der Waals surface area contributed by atoms with E-state index in [4.69, 9.17) is 10.6 Å². The van der Waals surface area contributed by atoms with Crippen molar-refractivity contribution in [1.82, 2.24) is 20.2 Å². The summed E-state index contributed by atoms with van der Waals surface area (Å²) < 4.78 is 19.8. The molecule has 0 aliphatic heterocycles. The molecular weight excluding hydrogens is 429 g/mol. The van der Waals surface area contributed by atoms with E-state index in [-0.39, 0.29) is 30.1 Å². The molecule has 3 N–H and O–H groups in total. The zero-order valence-electron chi connectivity index (χ0n) is 17.9. The average molecular weight is 456 g/mol. The van der Waals surface area contributed by atoms with Crippen LogP contribution in [0.15, 0.2) is 47.6 Å². The van der Waals surface area contributed by atoms with Crippen LogP contribution in [-0.4, -0.2) is 26.5 Å². The Labute approximate surface area is 190 Å². The minimum Gasteiger partial charge on any atom is -0.486 e. The van der Waals surface area contributed by atoms with Crippen molar-refractivity contribution >= 4 is 17.7 Å². The lowest BCUT2D eigenvalue weighted by molar-refractivity contribution is -0.119. The van der Waals surface area contributed by atoms with Crippen LogP contribution in [0.2, 0.25) is 0 Å². The predicted octanol–water partition coefficient (Wildman–Crippen LogP) is 3.56. The Hall–Kier alpha value is -3.07. The number of nitrogens with zero attached hydrogens (tertiary/aromatic N) is 3. The van der Waals surface area contributed by atoms with Crippen LogP contribution in [0.4, 0.5) is 4.39 Å². The van der Waals surface area contributed by atoms with Gasteiger partial charge in [0.05, 0.1) is 11.8 Å². The van der Waals surface area contributed by atoms with Crippen molar-refractivity contribution in [2.24, 2.45) is 0 Å². The van der Waals surface area contributed by atoms with Crippen molar-refractivity contribution in [2.75, 3.05) is 11.6 Å². The summed E-state index contributed by atoms with van der Waals surface area (Å²) in [6, 6.07) is 12.1. The molecule has 1 amide bonds. The van der Waals surface area contributed by atoms with Crippen LogP contribution in [0.1, 0.15) is 48.3 Å². The summed E-state index contributed by atoms with van der Waals surface area (Å²) >= 11 is 1.21. The number of rotatable bonds is 8. The van der Waals surface area contributed by atoms with Crippen LogP contribution in [0.25, 0.3) is 0 Å². The molecule has 7 nitrogen and oxygen atoms in total. The molecule has 0 saturated carbocycles. The molecule has 168 valence electrons. The summed E-state index contributed by atoms with van der Waals surface area (Å²) in [5, 5.41) is 11.5. The van der Waals surface area contributed by atoms with E-state index in [2.05, 4.69) is 33.7 Å². The number of aryl methyl sites for hydroxylation is 2. The van der Waals surface area contributed by atoms with E-state index in [0.717, 1.165) is 18.4 Å². The Bertz CT molecular complexity index is 1090. The number of nitrogen functional groups attached to an aromatic ring is 1. The Morgan fingerprint density at radius 2 is 1.94 bits per heavy atom. The minimum absolute atomic E-state index is 0.0780. The van der Waals surface area contributed by atoms with Crippen LogP contribution < -0.4 is 15.9 Å². The highest BCUT2D eigenvalue weighted by molar-refractivity contribution is 7.99. The first-order valence-corrected chi connectivity index (χ1v) is 11.6. The molecule has 1 aliphatic carbocycles. The SMILES string of the molecule is CC(NC(=O)CSc1nnc(COc2ccc(F)cc2)n1N)c1ccc2c(c1)CCCC2. The quantitative estimate of drug-likeness (QED) is 0.398. The fourth-order valence-corrected chi connectivity index (χ4v) is 4.39. The lowest BCUT2D eigenvalue weighted by atomic mass is 9.89. The van der Waals surface area contributed by atoms with Crippen LogP contribution in [0, 0.1) is 5.82 Å². The average Bonchev–Trinajstić information content (AvgIpc) is 3.16. The van der Waals surface area contributed by atoms with Crippen LogP contribution in [-0.2, 0) is 24.2 Å². The van der Waals surface area contributed by atoms with Gasteiger partial charge < -0.3 is 15.9 Å². The van der Waals surface area contributed by atoms with Gasteiger partial charge in [-0.1, -0.05) is 30.0 Å². The van der Waals surface area contributed by atoms with Gasteiger partial charge in [0.15, 0.2) is 5.82 Å². The van der Waals surface area contributed by atoms with Gasteiger partial charge in [0.2, 0.25) is 11.1 Å². The van der Waals surface area contributed by atoms with Gasteiger partial charge in [0.25, 0.3) is 0 Å². The van der Waals surface area contributed by atoms with Crippen LogP contribution in [0.5, 0.6) is 5.75 Å². The molecule has 9 heteroatoms. The number of nitrogens with one attached hydrogen (secondary N) is 1. The number of nitrogens with two attached hydrogens (primary N) is 1. The normalized spacial score (nSPS) is 13.9. The van der Waals surface area contributed by atoms with Crippen molar-refractivity contribution in [3.05, 3.63) is 70.8 Å². The molecule has 3 aromatic rings. The number of benzene rings is 2. The van der Waals surface area contributed by atoms with Gasteiger partial charge in [-0.3, -0.25) is 4.79 Å². The maximum atomic E-state index is 13.0. The van der Waals surface area contributed by atoms with Crippen molar-refractivity contribution in [3.63, 3.8) is 0 Å². The van der Waals surface area contributed by atoms with E-state index in [1.807, 2.05) is 6.92 Å². The monoisotopic (exact) mass is 455 g/mol. The van der Waals surface area contributed by atoms with Crippen molar-refractivity contribution in [2.45, 2.75) is 50.4 Å². The summed E-state index contributed by atoms with van der Waals surface area (Å²) in [5.74, 6) is 6.67. The van der Waals surface area contributed by atoms with Gasteiger partial charge in [-0.2, -0.15) is 0 Å². The molecule has 32 heavy (non-hydrogen) atoms. The van der Waals surface area contributed by atoms with Crippen LogP contribution in [0.3, 0.4) is 0 Å². The first kappa shape index (κ1) is 22.1. The van der Waals surface area contributed by atoms with Gasteiger partial charge in [-0.05, 0) is 73.6 Å². The molecule has 1 atom stereocenters. The van der Waals surface area contributed by atoms with Crippen molar-refractivity contribution in [3.8, 4) is 5.75 Å². The molecule has 0 bridgehead atoms. The molecule has 4 rings (SSSR count). The number of carbonyl (C=O) groups is 1. The molecule has 1 heterocycles. The summed E-state index contributed by atoms with van der Waals surface area (Å²) in [5.41, 5.74) is 3.94. The highest BCUT2D eigenvalue weighted by atomic mass is 32.2. The molecular formula is C23H26FN5O2S. The van der Waals surface area contributed by atoms with Gasteiger partial charge in [0.1, 0.15) is 18.2 Å². The first-order valence-electron chi connectivity index (χ1n) is 10.6. The minimum atomic E-state index is -0.336. The maximum absolute atomic E-state index is 13.0. The number of aromatic nitrogens is 3. The Morgan fingerprint density at radius 1 is 1.19 bits per heavy atom. The number of hydrogen-bond acceptors (Lipinski definition) is 6. The number of thioether (sulfide) groups is 1. The number of ether oxygens (including phenoxy) is 1. The lowest BCUT2D eigenvalue weighted by Crippen LogP contribution is -2.28. The van der Waals surface area contributed by atoms with Gasteiger partial charge in [0, 0.05) is 0 Å². The second-order valence-electron chi connectivity index (χ2n) is 7.82. The summed E-state index contributed by atoms with van der Waals surface area (Å²) in [4.78, 5) is 12.5. The lowest BCUT2D eigenvalue weighted by Gasteiger charge is -2.20. The fourth-order valence-electron chi connectivity index (χ4n) is 3.70. The molecule has 0 saturated heterocycles. The fraction of sp³-hybridized carbons (Fsp3) is 0.348. The van der Waals surface area contributed by atoms with E-state index in [0.29, 0.717) is 16.7 Å². The topological polar surface area (TPSA) is 95.1 Å². The van der Waals surface area contributed by atoms with E-state index < -0.39 is 0 Å². The second-order valence-corrected chi connectivity index (χ2v) is 8.77. The molecule has 2 aromatic carbocycles. The van der Waals surface area contributed by atoms with E-state index in [9.17, 15) is 9.18 Å². The number of carbonyl (C=O) groups excluding carboxylic acids is 1. The highest BCUT2D eigenvalue weighted by Gasteiger charge is 2.16. The number of fused-ring (bicyclic) bond motifs is 1. The predicted molar refractivity (Wildman–Crippen MR) is 121 cm³/mol. The summed E-state index contributed by atoms with van der Waals surface area (Å²) in [6.07, 6.45) is 4.73. The molecule has 1 unspecified atom stereocenters. The van der Waals surface area contributed by atoms with Gasteiger partial charge in [-0.25, -0.2) is 9.07 Å². The first-order chi connectivity index (χ1) is 15.5. The third kappa shape index (κ3) is 5.40.